The topological polar surface area (TPSA) is 38.7 Å². The Bertz CT molecular complexity index is 106. The van der Waals surface area contributed by atoms with Crippen molar-refractivity contribution in [2.75, 3.05) is 13.2 Å². The zero-order valence-electron chi connectivity index (χ0n) is 8.30. The molecule has 0 aliphatic heterocycles. The number of ether oxygens (including phenoxy) is 2. The van der Waals surface area contributed by atoms with Gasteiger partial charge in [0.2, 0.25) is 0 Å². The number of unbranched alkanes of at least 4 members (excludes halogenated alkanes) is 1. The van der Waals surface area contributed by atoms with Gasteiger partial charge in [0.05, 0.1) is 6.61 Å². The van der Waals surface area contributed by atoms with Crippen LogP contribution >= 0.6 is 0 Å². The van der Waals surface area contributed by atoms with Crippen LogP contribution in [-0.2, 0) is 9.47 Å². The third kappa shape index (κ3) is 4.70. The molecular formula is C9H20O3. The Morgan fingerprint density at radius 1 is 1.17 bits per heavy atom. The Morgan fingerprint density at radius 2 is 1.83 bits per heavy atom. The molecular weight excluding hydrogens is 156 g/mol. The summed E-state index contributed by atoms with van der Waals surface area (Å²) in [7, 11) is 0. The summed E-state index contributed by atoms with van der Waals surface area (Å²) in [5.74, 6) is -1.36. The molecule has 0 amide bonds. The summed E-state index contributed by atoms with van der Waals surface area (Å²) < 4.78 is 10.3. The molecule has 1 atom stereocenters. The first-order valence-electron chi connectivity index (χ1n) is 4.68. The van der Waals surface area contributed by atoms with E-state index in [1.54, 1.807) is 0 Å². The van der Waals surface area contributed by atoms with Crippen molar-refractivity contribution < 1.29 is 14.6 Å². The van der Waals surface area contributed by atoms with Crippen LogP contribution in [0.3, 0.4) is 0 Å². The van der Waals surface area contributed by atoms with Crippen molar-refractivity contribution in [3.05, 3.63) is 0 Å². The molecule has 0 bridgehead atoms. The number of rotatable bonds is 7. The van der Waals surface area contributed by atoms with Crippen molar-refractivity contribution in [2.24, 2.45) is 0 Å². The third-order valence-corrected chi connectivity index (χ3v) is 1.64. The summed E-state index contributed by atoms with van der Waals surface area (Å²) in [5.41, 5.74) is 0. The highest BCUT2D eigenvalue weighted by Crippen LogP contribution is 2.14. The van der Waals surface area contributed by atoms with Crippen LogP contribution in [-0.4, -0.2) is 24.3 Å². The van der Waals surface area contributed by atoms with Crippen molar-refractivity contribution >= 4 is 0 Å². The molecule has 0 fully saturated rings. The van der Waals surface area contributed by atoms with Crippen LogP contribution in [0.5, 0.6) is 0 Å². The standard InChI is InChI=1S/C9H20O3/c1-4-7-8-12-9(10,5-2)11-6-3/h10H,4-8H2,1-3H3. The van der Waals surface area contributed by atoms with Crippen molar-refractivity contribution in [1.82, 2.24) is 0 Å². The first-order chi connectivity index (χ1) is 5.68. The molecule has 0 radical (unpaired) electrons. The average molecular weight is 176 g/mol. The van der Waals surface area contributed by atoms with Crippen molar-refractivity contribution in [1.29, 1.82) is 0 Å². The van der Waals surface area contributed by atoms with Gasteiger partial charge < -0.3 is 14.6 Å². The second-order valence-electron chi connectivity index (χ2n) is 2.70. The lowest BCUT2D eigenvalue weighted by Crippen LogP contribution is -2.35. The Labute approximate surface area is 74.7 Å². The smallest absolute Gasteiger partial charge is 0.280 e. The van der Waals surface area contributed by atoms with E-state index in [0.717, 1.165) is 12.8 Å². The van der Waals surface area contributed by atoms with E-state index in [4.69, 9.17) is 9.47 Å². The van der Waals surface area contributed by atoms with Crippen LogP contribution in [0.4, 0.5) is 0 Å². The van der Waals surface area contributed by atoms with E-state index in [1.165, 1.54) is 0 Å². The number of hydrogen-bond donors (Lipinski definition) is 1. The molecule has 3 nitrogen and oxygen atoms in total. The minimum Gasteiger partial charge on any atom is -0.343 e. The largest absolute Gasteiger partial charge is 0.343 e. The molecule has 1 unspecified atom stereocenters. The van der Waals surface area contributed by atoms with E-state index in [2.05, 4.69) is 6.92 Å². The van der Waals surface area contributed by atoms with E-state index >= 15 is 0 Å². The van der Waals surface area contributed by atoms with Gasteiger partial charge in [-0.1, -0.05) is 20.3 Å². The molecule has 74 valence electrons. The number of hydrogen-bond acceptors (Lipinski definition) is 3. The summed E-state index contributed by atoms with van der Waals surface area (Å²) in [6.07, 6.45) is 2.48. The fraction of sp³-hybridized carbons (Fsp3) is 1.00. The lowest BCUT2D eigenvalue weighted by molar-refractivity contribution is -0.360. The van der Waals surface area contributed by atoms with Crippen LogP contribution in [0.15, 0.2) is 0 Å². The SMILES string of the molecule is CCCCOC(O)(CC)OCC. The van der Waals surface area contributed by atoms with Gasteiger partial charge in [0.25, 0.3) is 5.97 Å². The Kier molecular flexibility index (Phi) is 6.34. The predicted molar refractivity (Wildman–Crippen MR) is 47.7 cm³/mol. The lowest BCUT2D eigenvalue weighted by atomic mass is 10.3. The summed E-state index contributed by atoms with van der Waals surface area (Å²) >= 11 is 0. The fourth-order valence-corrected chi connectivity index (χ4v) is 0.847. The van der Waals surface area contributed by atoms with Crippen molar-refractivity contribution in [2.45, 2.75) is 46.0 Å². The molecule has 0 heterocycles. The molecule has 12 heavy (non-hydrogen) atoms. The van der Waals surface area contributed by atoms with E-state index in [-0.39, 0.29) is 0 Å². The van der Waals surface area contributed by atoms with Gasteiger partial charge in [0.15, 0.2) is 0 Å². The normalized spacial score (nSPS) is 16.0. The summed E-state index contributed by atoms with van der Waals surface area (Å²) in [4.78, 5) is 0. The zero-order chi connectivity index (χ0) is 9.45. The van der Waals surface area contributed by atoms with E-state index in [9.17, 15) is 5.11 Å². The second kappa shape index (κ2) is 6.40. The van der Waals surface area contributed by atoms with E-state index in [1.807, 2.05) is 13.8 Å². The maximum Gasteiger partial charge on any atom is 0.280 e. The molecule has 3 heteroatoms. The quantitative estimate of drug-likeness (QED) is 0.475. The van der Waals surface area contributed by atoms with E-state index < -0.39 is 5.97 Å². The van der Waals surface area contributed by atoms with Crippen LogP contribution in [0, 0.1) is 0 Å². The van der Waals surface area contributed by atoms with Crippen LogP contribution in [0.1, 0.15) is 40.0 Å². The predicted octanol–water partition coefficient (Wildman–Crippen LogP) is 1.90. The summed E-state index contributed by atoms with van der Waals surface area (Å²) in [6.45, 7) is 6.78. The molecule has 1 N–H and O–H groups in total. The van der Waals surface area contributed by atoms with Crippen molar-refractivity contribution in [3.63, 3.8) is 0 Å². The Hall–Kier alpha value is -0.120. The maximum atomic E-state index is 9.60. The van der Waals surface area contributed by atoms with Gasteiger partial charge in [0, 0.05) is 13.0 Å². The van der Waals surface area contributed by atoms with Gasteiger partial charge in [0.1, 0.15) is 0 Å². The highest BCUT2D eigenvalue weighted by Gasteiger charge is 2.25. The molecule has 0 aliphatic carbocycles. The Morgan fingerprint density at radius 3 is 2.25 bits per heavy atom. The van der Waals surface area contributed by atoms with Crippen molar-refractivity contribution in [3.8, 4) is 0 Å². The van der Waals surface area contributed by atoms with Gasteiger partial charge in [-0.05, 0) is 13.3 Å². The first-order valence-corrected chi connectivity index (χ1v) is 4.68. The molecule has 0 saturated carbocycles. The lowest BCUT2D eigenvalue weighted by Gasteiger charge is -2.25. The van der Waals surface area contributed by atoms with Crippen LogP contribution in [0.2, 0.25) is 0 Å². The van der Waals surface area contributed by atoms with Crippen LogP contribution in [0.25, 0.3) is 0 Å². The zero-order valence-corrected chi connectivity index (χ0v) is 8.30. The van der Waals surface area contributed by atoms with Gasteiger partial charge in [-0.15, -0.1) is 0 Å². The summed E-state index contributed by atoms with van der Waals surface area (Å²) in [5, 5.41) is 9.60. The minimum absolute atomic E-state index is 0.463. The maximum absolute atomic E-state index is 9.60. The molecule has 0 aliphatic rings. The van der Waals surface area contributed by atoms with E-state index in [0.29, 0.717) is 19.6 Å². The first kappa shape index (κ1) is 11.9. The van der Waals surface area contributed by atoms with Crippen LogP contribution < -0.4 is 0 Å². The van der Waals surface area contributed by atoms with Gasteiger partial charge >= 0.3 is 0 Å². The molecule has 0 spiro atoms. The fourth-order valence-electron chi connectivity index (χ4n) is 0.847. The highest BCUT2D eigenvalue weighted by molar-refractivity contribution is 4.49. The Balaban J connectivity index is 3.63. The number of aliphatic hydroxyl groups is 1. The molecule has 0 aromatic rings. The molecule has 0 aromatic carbocycles. The third-order valence-electron chi connectivity index (χ3n) is 1.64. The van der Waals surface area contributed by atoms with Gasteiger partial charge in [-0.2, -0.15) is 0 Å². The molecule has 0 rings (SSSR count). The average Bonchev–Trinajstić information content (AvgIpc) is 2.06. The second-order valence-corrected chi connectivity index (χ2v) is 2.70. The molecule has 0 saturated heterocycles. The van der Waals surface area contributed by atoms with Gasteiger partial charge in [-0.3, -0.25) is 0 Å². The molecule has 0 aromatic heterocycles. The minimum atomic E-state index is -1.36. The highest BCUT2D eigenvalue weighted by atomic mass is 16.8. The van der Waals surface area contributed by atoms with Gasteiger partial charge in [-0.25, -0.2) is 0 Å². The monoisotopic (exact) mass is 176 g/mol. The summed E-state index contributed by atoms with van der Waals surface area (Å²) in [6, 6.07) is 0.